The van der Waals surface area contributed by atoms with Crippen LogP contribution in [0.3, 0.4) is 0 Å². The average Bonchev–Trinajstić information content (AvgIpc) is 2.73. The van der Waals surface area contributed by atoms with Gasteiger partial charge in [0, 0.05) is 12.0 Å². The molecule has 0 spiro atoms. The van der Waals surface area contributed by atoms with Crippen molar-refractivity contribution in [2.75, 3.05) is 5.75 Å². The van der Waals surface area contributed by atoms with Crippen LogP contribution in [0.2, 0.25) is 0 Å². The van der Waals surface area contributed by atoms with E-state index < -0.39 is 55.2 Å². The van der Waals surface area contributed by atoms with Gasteiger partial charge in [-0.2, -0.15) is 0 Å². The summed E-state index contributed by atoms with van der Waals surface area (Å²) in [6.45, 7) is 1.73. The van der Waals surface area contributed by atoms with Gasteiger partial charge in [-0.05, 0) is 24.1 Å². The zero-order valence-electron chi connectivity index (χ0n) is 17.3. The van der Waals surface area contributed by atoms with Crippen molar-refractivity contribution in [1.82, 2.24) is 4.72 Å². The van der Waals surface area contributed by atoms with E-state index in [9.17, 15) is 30.4 Å². The highest BCUT2D eigenvalue weighted by atomic mass is 32.2. The van der Waals surface area contributed by atoms with E-state index in [2.05, 4.69) is 9.71 Å². The number of aliphatic imine (C=N–C) groups is 1. The quantitative estimate of drug-likeness (QED) is 0.366. The van der Waals surface area contributed by atoms with E-state index >= 15 is 0 Å². The van der Waals surface area contributed by atoms with Crippen molar-refractivity contribution in [1.29, 1.82) is 0 Å². The molecule has 32 heavy (non-hydrogen) atoms. The number of carbonyl (C=O) groups excluding carboxylic acids is 1. The molecule has 0 aromatic heterocycles. The summed E-state index contributed by atoms with van der Waals surface area (Å²) >= 11 is 0. The van der Waals surface area contributed by atoms with Gasteiger partial charge >= 0.3 is 0 Å². The summed E-state index contributed by atoms with van der Waals surface area (Å²) in [5.41, 5.74) is -0.454. The van der Waals surface area contributed by atoms with E-state index in [-0.39, 0.29) is 16.9 Å². The van der Waals surface area contributed by atoms with Crippen molar-refractivity contribution < 1.29 is 30.4 Å². The molecule has 174 valence electrons. The summed E-state index contributed by atoms with van der Waals surface area (Å²) in [5, 5.41) is 0. The average molecular weight is 487 g/mol. The van der Waals surface area contributed by atoms with Crippen molar-refractivity contribution in [2.24, 2.45) is 4.99 Å². The number of alkyl halides is 2. The summed E-state index contributed by atoms with van der Waals surface area (Å²) < 4.78 is 78.3. The second-order valence-electron chi connectivity index (χ2n) is 7.00. The van der Waals surface area contributed by atoms with Crippen LogP contribution in [0.25, 0.3) is 0 Å². The first-order valence-corrected chi connectivity index (χ1v) is 13.0. The number of sulfonamides is 1. The number of sulfone groups is 1. The maximum Gasteiger partial charge on any atom is 0.264 e. The Morgan fingerprint density at radius 3 is 2.28 bits per heavy atom. The lowest BCUT2D eigenvalue weighted by Gasteiger charge is -2.14. The number of rotatable bonds is 12. The maximum atomic E-state index is 13.2. The summed E-state index contributed by atoms with van der Waals surface area (Å²) in [5.74, 6) is -1.91. The third kappa shape index (κ3) is 7.49. The van der Waals surface area contributed by atoms with Crippen molar-refractivity contribution in [3.05, 3.63) is 65.7 Å². The number of nitrogens with one attached hydrogen (secondary N) is 1. The number of carbonyl (C=O) groups is 1. The molecule has 7 nitrogen and oxygen atoms in total. The van der Waals surface area contributed by atoms with Gasteiger partial charge < -0.3 is 0 Å². The lowest BCUT2D eigenvalue weighted by molar-refractivity contribution is -0.119. The fourth-order valence-electron chi connectivity index (χ4n) is 2.90. The molecular weight excluding hydrogens is 462 g/mol. The molecule has 0 unspecified atom stereocenters. The second kappa shape index (κ2) is 11.3. The number of benzene rings is 2. The highest BCUT2D eigenvalue weighted by Gasteiger charge is 2.26. The molecule has 2 aromatic carbocycles. The van der Waals surface area contributed by atoms with Gasteiger partial charge in [-0.15, -0.1) is 0 Å². The molecule has 0 saturated carbocycles. The van der Waals surface area contributed by atoms with Crippen molar-refractivity contribution in [2.45, 2.75) is 42.9 Å². The molecule has 1 N–H and O–H groups in total. The van der Waals surface area contributed by atoms with Gasteiger partial charge in [0.1, 0.15) is 6.04 Å². The van der Waals surface area contributed by atoms with E-state index in [1.165, 1.54) is 42.5 Å². The molecule has 0 aliphatic rings. The van der Waals surface area contributed by atoms with Gasteiger partial charge in [-0.1, -0.05) is 49.4 Å². The molecule has 0 heterocycles. The second-order valence-corrected chi connectivity index (χ2v) is 10.8. The van der Waals surface area contributed by atoms with Crippen LogP contribution in [-0.2, 0) is 30.4 Å². The number of hydrogen-bond donors (Lipinski definition) is 1. The highest BCUT2D eigenvalue weighted by Crippen LogP contribution is 2.24. The number of hydrogen-bond acceptors (Lipinski definition) is 6. The largest absolute Gasteiger partial charge is 0.297 e. The molecule has 2 rings (SSSR count). The molecular formula is C21H24F2N2O5S2. The monoisotopic (exact) mass is 486 g/mol. The molecule has 2 aromatic rings. The first kappa shape index (κ1) is 25.6. The standard InChI is InChI=1S/C21H24F2N2O5S2/c1-2-8-20(26)19(24-15-25-32(29,30)17-10-4-3-5-11-17)14-31(27,28)13-16-9-6-7-12-18(16)21(22)23/h3-7,9-12,15,19,21H,2,8,13-14H2,1H3,(H,24,25)/t19-/m0/s1. The molecule has 0 aliphatic heterocycles. The maximum absolute atomic E-state index is 13.2. The van der Waals surface area contributed by atoms with Crippen LogP contribution >= 0.6 is 0 Å². The number of ketones is 1. The predicted octanol–water partition coefficient (Wildman–Crippen LogP) is 3.28. The van der Waals surface area contributed by atoms with Crippen molar-refractivity contribution in [3.8, 4) is 0 Å². The first-order chi connectivity index (χ1) is 15.1. The topological polar surface area (TPSA) is 110 Å². The summed E-state index contributed by atoms with van der Waals surface area (Å²) in [6, 6.07) is 11.3. The Bertz CT molecular complexity index is 1150. The zero-order chi connectivity index (χ0) is 23.8. The Morgan fingerprint density at radius 1 is 1.03 bits per heavy atom. The zero-order valence-corrected chi connectivity index (χ0v) is 19.0. The highest BCUT2D eigenvalue weighted by molar-refractivity contribution is 7.90. The minimum atomic E-state index is -4.02. The van der Waals surface area contributed by atoms with E-state index in [0.29, 0.717) is 6.42 Å². The van der Waals surface area contributed by atoms with Gasteiger partial charge in [-0.3, -0.25) is 14.5 Å². The number of nitrogens with zero attached hydrogens (tertiary/aromatic N) is 1. The summed E-state index contributed by atoms with van der Waals surface area (Å²) in [7, 11) is -7.96. The Balaban J connectivity index is 2.20. The van der Waals surface area contributed by atoms with E-state index in [1.807, 2.05) is 0 Å². The Labute approximate surface area is 186 Å². The Kier molecular flexibility index (Phi) is 9.02. The Morgan fingerprint density at radius 2 is 1.66 bits per heavy atom. The van der Waals surface area contributed by atoms with Gasteiger partial charge in [0.05, 0.1) is 22.7 Å². The smallest absolute Gasteiger partial charge is 0.264 e. The van der Waals surface area contributed by atoms with Gasteiger partial charge in [0.2, 0.25) is 0 Å². The molecule has 0 saturated heterocycles. The van der Waals surface area contributed by atoms with E-state index in [1.54, 1.807) is 13.0 Å². The van der Waals surface area contributed by atoms with Crippen LogP contribution in [0.15, 0.2) is 64.5 Å². The van der Waals surface area contributed by atoms with Crippen LogP contribution in [0.1, 0.15) is 37.3 Å². The molecule has 0 amide bonds. The normalized spacial score (nSPS) is 13.4. The molecule has 1 atom stereocenters. The number of halogens is 2. The van der Waals surface area contributed by atoms with E-state index in [0.717, 1.165) is 12.4 Å². The van der Waals surface area contributed by atoms with E-state index in [4.69, 9.17) is 0 Å². The van der Waals surface area contributed by atoms with Crippen LogP contribution in [0.4, 0.5) is 8.78 Å². The van der Waals surface area contributed by atoms with Crippen LogP contribution < -0.4 is 4.72 Å². The minimum absolute atomic E-state index is 0.0286. The minimum Gasteiger partial charge on any atom is -0.297 e. The van der Waals surface area contributed by atoms with Crippen LogP contribution in [-0.4, -0.2) is 40.8 Å². The third-order valence-electron chi connectivity index (χ3n) is 4.46. The van der Waals surface area contributed by atoms with Crippen LogP contribution in [0.5, 0.6) is 0 Å². The molecule has 0 fully saturated rings. The lowest BCUT2D eigenvalue weighted by Crippen LogP contribution is -2.31. The van der Waals surface area contributed by atoms with Crippen LogP contribution in [0, 0.1) is 0 Å². The van der Waals surface area contributed by atoms with Gasteiger partial charge in [0.25, 0.3) is 16.4 Å². The molecule has 0 aliphatic carbocycles. The fourth-order valence-corrected chi connectivity index (χ4v) is 5.36. The van der Waals surface area contributed by atoms with Gasteiger partial charge in [-0.25, -0.2) is 25.6 Å². The SMILES string of the molecule is CCCC(=O)[C@H](CS(=O)(=O)Cc1ccccc1C(F)F)N=CNS(=O)(=O)c1ccccc1. The lowest BCUT2D eigenvalue weighted by atomic mass is 10.1. The van der Waals surface area contributed by atoms with Crippen molar-refractivity contribution in [3.63, 3.8) is 0 Å². The molecule has 0 bridgehead atoms. The summed E-state index contributed by atoms with van der Waals surface area (Å²) in [4.78, 5) is 16.2. The fraction of sp³-hybridized carbons (Fsp3) is 0.333. The molecule has 11 heteroatoms. The predicted molar refractivity (Wildman–Crippen MR) is 118 cm³/mol. The molecule has 0 radical (unpaired) electrons. The Hall–Kier alpha value is -2.66. The van der Waals surface area contributed by atoms with Crippen molar-refractivity contribution >= 4 is 32.0 Å². The first-order valence-electron chi connectivity index (χ1n) is 9.74. The number of Topliss-reactive ketones (excluding diaryl/α,β-unsaturated/α-hetero) is 1. The summed E-state index contributed by atoms with van der Waals surface area (Å²) in [6.07, 6.45) is -1.58. The third-order valence-corrected chi connectivity index (χ3v) is 7.34. The van der Waals surface area contributed by atoms with Gasteiger partial charge in [0.15, 0.2) is 15.6 Å².